The van der Waals surface area contributed by atoms with Gasteiger partial charge in [-0.2, -0.15) is 0 Å². The van der Waals surface area contributed by atoms with E-state index in [2.05, 4.69) is 38.1 Å². The van der Waals surface area contributed by atoms with Crippen molar-refractivity contribution >= 4 is 27.3 Å². The number of halogens is 1. The van der Waals surface area contributed by atoms with Crippen molar-refractivity contribution in [2.45, 2.75) is 25.3 Å². The summed E-state index contributed by atoms with van der Waals surface area (Å²) < 4.78 is 29.4. The molecule has 0 unspecified atom stereocenters. The molecule has 0 spiro atoms. The lowest BCUT2D eigenvalue weighted by atomic mass is 9.98. The lowest BCUT2D eigenvalue weighted by molar-refractivity contribution is 0.0733. The number of hydrogen-bond donors (Lipinski definition) is 0. The van der Waals surface area contributed by atoms with Crippen molar-refractivity contribution in [2.75, 3.05) is 19.4 Å². The molecule has 7 heteroatoms. The SMILES string of the molecule is Cc1ccc(-c2ccc3c(c2)CN(C(=O)c2ccc(S(C)(=O)=O)cc2Cl)CCO3)cc1C. The Kier molecular flexibility index (Phi) is 6.01. The quantitative estimate of drug-likeness (QED) is 0.537. The molecule has 0 saturated heterocycles. The van der Waals surface area contributed by atoms with E-state index in [1.807, 2.05) is 12.1 Å². The number of carbonyl (C=O) groups is 1. The second-order valence-electron chi connectivity index (χ2n) is 8.11. The summed E-state index contributed by atoms with van der Waals surface area (Å²) in [6.07, 6.45) is 1.11. The van der Waals surface area contributed by atoms with Crippen molar-refractivity contribution in [3.63, 3.8) is 0 Å². The van der Waals surface area contributed by atoms with Crippen LogP contribution in [-0.2, 0) is 16.4 Å². The van der Waals surface area contributed by atoms with Crippen LogP contribution in [0.3, 0.4) is 0 Å². The minimum atomic E-state index is -3.40. The molecule has 0 fully saturated rings. The first kappa shape index (κ1) is 22.4. The molecule has 0 bridgehead atoms. The number of nitrogens with zero attached hydrogens (tertiary/aromatic N) is 1. The Morgan fingerprint density at radius 3 is 2.38 bits per heavy atom. The van der Waals surface area contributed by atoms with Gasteiger partial charge in [0.05, 0.1) is 22.0 Å². The fourth-order valence-corrected chi connectivity index (χ4v) is 4.71. The Bertz CT molecular complexity index is 1320. The number of rotatable bonds is 3. The molecule has 0 saturated carbocycles. The van der Waals surface area contributed by atoms with Gasteiger partial charge < -0.3 is 9.64 Å². The second kappa shape index (κ2) is 8.60. The molecular weight excluding hydrogens is 446 g/mol. The molecule has 3 aromatic rings. The Morgan fingerprint density at radius 2 is 1.69 bits per heavy atom. The molecule has 0 aromatic heterocycles. The van der Waals surface area contributed by atoms with E-state index in [0.29, 0.717) is 19.7 Å². The summed E-state index contributed by atoms with van der Waals surface area (Å²) in [6.45, 7) is 5.31. The molecule has 0 aliphatic carbocycles. The Balaban J connectivity index is 1.64. The predicted octanol–water partition coefficient (Wildman–Crippen LogP) is 5.06. The Hall–Kier alpha value is -2.83. The van der Waals surface area contributed by atoms with Crippen LogP contribution in [0.1, 0.15) is 27.0 Å². The number of fused-ring (bicyclic) bond motifs is 1. The van der Waals surface area contributed by atoms with Gasteiger partial charge in [0, 0.05) is 18.4 Å². The second-order valence-corrected chi connectivity index (χ2v) is 10.5. The van der Waals surface area contributed by atoms with Crippen LogP contribution in [0.2, 0.25) is 5.02 Å². The highest BCUT2D eigenvalue weighted by molar-refractivity contribution is 7.90. The summed E-state index contributed by atoms with van der Waals surface area (Å²) in [5, 5.41) is 0.118. The zero-order valence-electron chi connectivity index (χ0n) is 18.2. The van der Waals surface area contributed by atoms with Gasteiger partial charge in [0.15, 0.2) is 9.84 Å². The highest BCUT2D eigenvalue weighted by Gasteiger charge is 2.24. The normalized spacial score (nSPS) is 13.8. The van der Waals surface area contributed by atoms with Crippen LogP contribution in [0.5, 0.6) is 5.75 Å². The van der Waals surface area contributed by atoms with Crippen LogP contribution >= 0.6 is 11.6 Å². The molecule has 1 amide bonds. The van der Waals surface area contributed by atoms with Crippen molar-refractivity contribution in [1.29, 1.82) is 0 Å². The maximum absolute atomic E-state index is 13.2. The van der Waals surface area contributed by atoms with E-state index in [1.165, 1.54) is 29.3 Å². The van der Waals surface area contributed by atoms with Crippen LogP contribution in [0.15, 0.2) is 59.5 Å². The topological polar surface area (TPSA) is 63.7 Å². The number of benzene rings is 3. The van der Waals surface area contributed by atoms with Crippen LogP contribution in [0.4, 0.5) is 0 Å². The zero-order valence-corrected chi connectivity index (χ0v) is 19.8. The lowest BCUT2D eigenvalue weighted by Gasteiger charge is -2.21. The third-order valence-electron chi connectivity index (χ3n) is 5.77. The van der Waals surface area contributed by atoms with Crippen molar-refractivity contribution in [3.05, 3.63) is 81.9 Å². The number of sulfone groups is 1. The number of hydrogen-bond acceptors (Lipinski definition) is 4. The van der Waals surface area contributed by atoms with Gasteiger partial charge in [-0.15, -0.1) is 0 Å². The fraction of sp³-hybridized carbons (Fsp3) is 0.240. The smallest absolute Gasteiger partial charge is 0.255 e. The van der Waals surface area contributed by atoms with Crippen LogP contribution in [-0.4, -0.2) is 38.6 Å². The number of ether oxygens (including phenoxy) is 1. The number of carbonyl (C=O) groups excluding carboxylic acids is 1. The highest BCUT2D eigenvalue weighted by atomic mass is 35.5. The minimum Gasteiger partial charge on any atom is -0.491 e. The Labute approximate surface area is 193 Å². The molecule has 0 radical (unpaired) electrons. The van der Waals surface area contributed by atoms with Gasteiger partial charge in [0.25, 0.3) is 5.91 Å². The van der Waals surface area contributed by atoms with E-state index in [9.17, 15) is 13.2 Å². The van der Waals surface area contributed by atoms with Crippen molar-refractivity contribution in [3.8, 4) is 16.9 Å². The molecule has 1 heterocycles. The Morgan fingerprint density at radius 1 is 0.969 bits per heavy atom. The molecule has 1 aliphatic heterocycles. The van der Waals surface area contributed by atoms with E-state index >= 15 is 0 Å². The van der Waals surface area contributed by atoms with Crippen LogP contribution in [0.25, 0.3) is 11.1 Å². The van der Waals surface area contributed by atoms with E-state index in [-0.39, 0.29) is 21.4 Å². The van der Waals surface area contributed by atoms with Gasteiger partial charge in [0.1, 0.15) is 12.4 Å². The summed E-state index contributed by atoms with van der Waals surface area (Å²) in [5.74, 6) is 0.495. The molecule has 3 aromatic carbocycles. The summed E-state index contributed by atoms with van der Waals surface area (Å²) in [6, 6.07) is 16.6. The first-order chi connectivity index (χ1) is 15.1. The molecule has 5 nitrogen and oxygen atoms in total. The summed E-state index contributed by atoms with van der Waals surface area (Å²) in [5.41, 5.74) is 5.81. The third kappa shape index (κ3) is 4.52. The monoisotopic (exact) mass is 469 g/mol. The van der Waals surface area contributed by atoms with Gasteiger partial charge in [-0.25, -0.2) is 8.42 Å². The summed E-state index contributed by atoms with van der Waals surface area (Å²) >= 11 is 6.28. The van der Waals surface area contributed by atoms with Gasteiger partial charge in [0.2, 0.25) is 0 Å². The van der Waals surface area contributed by atoms with E-state index in [0.717, 1.165) is 28.7 Å². The van der Waals surface area contributed by atoms with Crippen molar-refractivity contribution in [2.24, 2.45) is 0 Å². The van der Waals surface area contributed by atoms with E-state index in [1.54, 1.807) is 4.90 Å². The van der Waals surface area contributed by atoms with Crippen molar-refractivity contribution < 1.29 is 17.9 Å². The summed E-state index contributed by atoms with van der Waals surface area (Å²) in [4.78, 5) is 15.0. The zero-order chi connectivity index (χ0) is 23.0. The average molecular weight is 470 g/mol. The van der Waals surface area contributed by atoms with Gasteiger partial charge in [-0.1, -0.05) is 35.9 Å². The average Bonchev–Trinajstić information content (AvgIpc) is 2.96. The van der Waals surface area contributed by atoms with Gasteiger partial charge >= 0.3 is 0 Å². The predicted molar refractivity (Wildman–Crippen MR) is 126 cm³/mol. The number of amides is 1. The first-order valence-corrected chi connectivity index (χ1v) is 12.5. The number of aryl methyl sites for hydroxylation is 2. The first-order valence-electron chi connectivity index (χ1n) is 10.3. The highest BCUT2D eigenvalue weighted by Crippen LogP contribution is 2.31. The van der Waals surface area contributed by atoms with Gasteiger partial charge in [-0.05, 0) is 66.4 Å². The molecule has 166 valence electrons. The van der Waals surface area contributed by atoms with E-state index < -0.39 is 9.84 Å². The molecule has 0 atom stereocenters. The third-order valence-corrected chi connectivity index (χ3v) is 7.19. The maximum atomic E-state index is 13.2. The standard InChI is InChI=1S/C25H24ClNO4S/c1-16-4-5-18(12-17(16)2)19-6-9-24-20(13-19)15-27(10-11-31-24)25(28)22-8-7-21(14-23(22)26)32(3,29)30/h4-9,12-14H,10-11,15H2,1-3H3. The minimum absolute atomic E-state index is 0.0848. The molecule has 4 rings (SSSR count). The molecule has 32 heavy (non-hydrogen) atoms. The molecule has 1 aliphatic rings. The van der Waals surface area contributed by atoms with Crippen LogP contribution in [0, 0.1) is 13.8 Å². The van der Waals surface area contributed by atoms with Gasteiger partial charge in [-0.3, -0.25) is 4.79 Å². The van der Waals surface area contributed by atoms with Crippen molar-refractivity contribution in [1.82, 2.24) is 4.90 Å². The van der Waals surface area contributed by atoms with Crippen LogP contribution < -0.4 is 4.74 Å². The fourth-order valence-electron chi connectivity index (χ4n) is 3.74. The molecular formula is C25H24ClNO4S. The summed E-state index contributed by atoms with van der Waals surface area (Å²) in [7, 11) is -3.40. The maximum Gasteiger partial charge on any atom is 0.255 e. The molecule has 0 N–H and O–H groups in total. The largest absolute Gasteiger partial charge is 0.491 e. The van der Waals surface area contributed by atoms with E-state index in [4.69, 9.17) is 16.3 Å². The lowest BCUT2D eigenvalue weighted by Crippen LogP contribution is -2.32.